The van der Waals surface area contributed by atoms with Gasteiger partial charge < -0.3 is 15.0 Å². The average Bonchev–Trinajstić information content (AvgIpc) is 3.17. The molecule has 0 bridgehead atoms. The van der Waals surface area contributed by atoms with E-state index >= 15 is 0 Å². The molecule has 7 heteroatoms. The number of hydrogen-bond acceptors (Lipinski definition) is 5. The molecule has 23 heavy (non-hydrogen) atoms. The van der Waals surface area contributed by atoms with Crippen LogP contribution in [-0.4, -0.2) is 35.3 Å². The first kappa shape index (κ1) is 15.5. The number of likely N-dealkylation sites (tertiary alicyclic amines) is 1. The van der Waals surface area contributed by atoms with E-state index in [-0.39, 0.29) is 11.8 Å². The van der Waals surface area contributed by atoms with Gasteiger partial charge in [0, 0.05) is 30.7 Å². The molecule has 1 aliphatic rings. The largest absolute Gasteiger partial charge is 0.487 e. The molecule has 0 saturated carbocycles. The fraction of sp³-hybridized carbons (Fsp3) is 0.312. The standard InChI is InChI=1S/C16H17N3O3S/c1-19-6-5-14(16(19)21)15(20)18-11-3-2-4-13(7-11)22-8-12-9-23-10-17-12/h2-4,7,9-10,14H,5-6,8H2,1H3,(H,18,20). The molecule has 6 nitrogen and oxygen atoms in total. The van der Waals surface area contributed by atoms with Crippen molar-refractivity contribution < 1.29 is 14.3 Å². The molecule has 1 aromatic heterocycles. The molecule has 1 fully saturated rings. The van der Waals surface area contributed by atoms with E-state index in [1.807, 2.05) is 11.4 Å². The Morgan fingerprint density at radius 1 is 1.52 bits per heavy atom. The van der Waals surface area contributed by atoms with E-state index in [2.05, 4.69) is 10.3 Å². The zero-order valence-electron chi connectivity index (χ0n) is 12.7. The summed E-state index contributed by atoms with van der Waals surface area (Å²) in [4.78, 5) is 29.8. The molecule has 1 saturated heterocycles. The second-order valence-corrected chi connectivity index (χ2v) is 6.11. The van der Waals surface area contributed by atoms with Gasteiger partial charge in [-0.15, -0.1) is 11.3 Å². The van der Waals surface area contributed by atoms with Crippen LogP contribution in [0.15, 0.2) is 35.2 Å². The number of aromatic nitrogens is 1. The van der Waals surface area contributed by atoms with Crippen LogP contribution >= 0.6 is 11.3 Å². The lowest BCUT2D eigenvalue weighted by molar-refractivity contribution is -0.134. The number of hydrogen-bond donors (Lipinski definition) is 1. The fourth-order valence-corrected chi connectivity index (χ4v) is 2.97. The van der Waals surface area contributed by atoms with Crippen LogP contribution < -0.4 is 10.1 Å². The van der Waals surface area contributed by atoms with Crippen molar-refractivity contribution in [2.24, 2.45) is 5.92 Å². The van der Waals surface area contributed by atoms with E-state index in [1.165, 1.54) is 11.3 Å². The summed E-state index contributed by atoms with van der Waals surface area (Å²) < 4.78 is 5.65. The van der Waals surface area contributed by atoms with E-state index in [9.17, 15) is 9.59 Å². The summed E-state index contributed by atoms with van der Waals surface area (Å²) in [7, 11) is 1.71. The van der Waals surface area contributed by atoms with Gasteiger partial charge in [0.2, 0.25) is 11.8 Å². The van der Waals surface area contributed by atoms with Crippen molar-refractivity contribution in [2.45, 2.75) is 13.0 Å². The lowest BCUT2D eigenvalue weighted by Gasteiger charge is -2.12. The van der Waals surface area contributed by atoms with E-state index in [0.717, 1.165) is 5.69 Å². The highest BCUT2D eigenvalue weighted by Gasteiger charge is 2.34. The summed E-state index contributed by atoms with van der Waals surface area (Å²) in [5.74, 6) is -0.348. The molecular formula is C16H17N3O3S. The summed E-state index contributed by atoms with van der Waals surface area (Å²) in [6.07, 6.45) is 0.557. The zero-order chi connectivity index (χ0) is 16.2. The molecule has 1 aliphatic heterocycles. The van der Waals surface area contributed by atoms with Gasteiger partial charge in [0.25, 0.3) is 0 Å². The number of nitrogens with one attached hydrogen (secondary N) is 1. The van der Waals surface area contributed by atoms with Gasteiger partial charge in [-0.2, -0.15) is 0 Å². The SMILES string of the molecule is CN1CCC(C(=O)Nc2cccc(OCc3cscn3)c2)C1=O. The van der Waals surface area contributed by atoms with Gasteiger partial charge in [0.15, 0.2) is 0 Å². The highest BCUT2D eigenvalue weighted by molar-refractivity contribution is 7.07. The van der Waals surface area contributed by atoms with Crippen LogP contribution in [0.5, 0.6) is 5.75 Å². The molecule has 120 valence electrons. The van der Waals surface area contributed by atoms with Gasteiger partial charge in [-0.1, -0.05) is 6.07 Å². The van der Waals surface area contributed by atoms with E-state index in [0.29, 0.717) is 31.0 Å². The molecule has 1 unspecified atom stereocenters. The second kappa shape index (κ2) is 6.78. The van der Waals surface area contributed by atoms with Crippen LogP contribution in [0.25, 0.3) is 0 Å². The zero-order valence-corrected chi connectivity index (χ0v) is 13.5. The van der Waals surface area contributed by atoms with Crippen molar-refractivity contribution in [1.82, 2.24) is 9.88 Å². The Bertz CT molecular complexity index is 702. The quantitative estimate of drug-likeness (QED) is 0.852. The maximum absolute atomic E-state index is 12.2. The first-order chi connectivity index (χ1) is 11.1. The molecule has 1 N–H and O–H groups in total. The summed E-state index contributed by atoms with van der Waals surface area (Å²) >= 11 is 1.52. The van der Waals surface area contributed by atoms with Crippen molar-refractivity contribution in [3.63, 3.8) is 0 Å². The van der Waals surface area contributed by atoms with Gasteiger partial charge in [0.05, 0.1) is 11.2 Å². The molecule has 1 atom stereocenters. The molecule has 3 rings (SSSR count). The van der Waals surface area contributed by atoms with Crippen molar-refractivity contribution >= 4 is 28.8 Å². The van der Waals surface area contributed by atoms with Gasteiger partial charge in [-0.3, -0.25) is 9.59 Å². The van der Waals surface area contributed by atoms with Crippen molar-refractivity contribution in [3.8, 4) is 5.75 Å². The van der Waals surface area contributed by atoms with Crippen LogP contribution in [-0.2, 0) is 16.2 Å². The third-order valence-corrected chi connectivity index (χ3v) is 4.35. The predicted molar refractivity (Wildman–Crippen MR) is 87.3 cm³/mol. The van der Waals surface area contributed by atoms with E-state index in [1.54, 1.807) is 35.7 Å². The highest BCUT2D eigenvalue weighted by atomic mass is 32.1. The summed E-state index contributed by atoms with van der Waals surface area (Å²) in [6.45, 7) is 1.00. The first-order valence-electron chi connectivity index (χ1n) is 7.29. The minimum absolute atomic E-state index is 0.126. The van der Waals surface area contributed by atoms with E-state index < -0.39 is 5.92 Å². The minimum atomic E-state index is -0.598. The number of carbonyl (C=O) groups is 2. The molecular weight excluding hydrogens is 314 g/mol. The van der Waals surface area contributed by atoms with Crippen LogP contribution in [0.2, 0.25) is 0 Å². The number of thiazole rings is 1. The van der Waals surface area contributed by atoms with Gasteiger partial charge in [-0.25, -0.2) is 4.98 Å². The number of anilines is 1. The smallest absolute Gasteiger partial charge is 0.237 e. The number of benzene rings is 1. The van der Waals surface area contributed by atoms with Crippen LogP contribution in [0.3, 0.4) is 0 Å². The van der Waals surface area contributed by atoms with Gasteiger partial charge in [0.1, 0.15) is 18.3 Å². The summed E-state index contributed by atoms with van der Waals surface area (Å²) in [6, 6.07) is 7.13. The van der Waals surface area contributed by atoms with Crippen LogP contribution in [0, 0.1) is 5.92 Å². The summed E-state index contributed by atoms with van der Waals surface area (Å²) in [5.41, 5.74) is 3.24. The van der Waals surface area contributed by atoms with Crippen molar-refractivity contribution in [1.29, 1.82) is 0 Å². The van der Waals surface area contributed by atoms with Crippen molar-refractivity contribution in [2.75, 3.05) is 18.9 Å². The highest BCUT2D eigenvalue weighted by Crippen LogP contribution is 2.22. The molecule has 0 radical (unpaired) electrons. The Balaban J connectivity index is 1.61. The third-order valence-electron chi connectivity index (χ3n) is 3.72. The number of ether oxygens (including phenoxy) is 1. The molecule has 2 amide bonds. The Labute approximate surface area is 138 Å². The normalized spacial score (nSPS) is 17.3. The monoisotopic (exact) mass is 331 g/mol. The average molecular weight is 331 g/mol. The van der Waals surface area contributed by atoms with E-state index in [4.69, 9.17) is 4.74 Å². The topological polar surface area (TPSA) is 71.5 Å². The van der Waals surface area contributed by atoms with Crippen LogP contribution in [0.4, 0.5) is 5.69 Å². The number of nitrogens with zero attached hydrogens (tertiary/aromatic N) is 2. The molecule has 0 aliphatic carbocycles. The fourth-order valence-electron chi connectivity index (χ4n) is 2.42. The lowest BCUT2D eigenvalue weighted by Crippen LogP contribution is -2.30. The number of rotatable bonds is 5. The van der Waals surface area contributed by atoms with Crippen LogP contribution in [0.1, 0.15) is 12.1 Å². The first-order valence-corrected chi connectivity index (χ1v) is 8.23. The molecule has 2 heterocycles. The van der Waals surface area contributed by atoms with Gasteiger partial charge >= 0.3 is 0 Å². The Morgan fingerprint density at radius 3 is 3.09 bits per heavy atom. The second-order valence-electron chi connectivity index (χ2n) is 5.39. The maximum atomic E-state index is 12.2. The molecule has 1 aromatic carbocycles. The van der Waals surface area contributed by atoms with Crippen molar-refractivity contribution in [3.05, 3.63) is 40.8 Å². The lowest BCUT2D eigenvalue weighted by atomic mass is 10.1. The van der Waals surface area contributed by atoms with Gasteiger partial charge in [-0.05, 0) is 18.6 Å². The third kappa shape index (κ3) is 3.68. The number of amides is 2. The Morgan fingerprint density at radius 2 is 2.39 bits per heavy atom. The minimum Gasteiger partial charge on any atom is -0.487 e. The Hall–Kier alpha value is -2.41. The number of carbonyl (C=O) groups excluding carboxylic acids is 2. The summed E-state index contributed by atoms with van der Waals surface area (Å²) in [5, 5.41) is 4.71. The Kier molecular flexibility index (Phi) is 4.57. The maximum Gasteiger partial charge on any atom is 0.237 e. The predicted octanol–water partition coefficient (Wildman–Crippen LogP) is 2.14. The molecule has 0 spiro atoms. The molecule has 2 aromatic rings.